The minimum absolute atomic E-state index is 0.268. The van der Waals surface area contributed by atoms with Crippen LogP contribution in [0.15, 0.2) is 36.6 Å². The molecule has 4 nitrogen and oxygen atoms in total. The molecule has 114 valence electrons. The Morgan fingerprint density at radius 3 is 2.95 bits per heavy atom. The lowest BCUT2D eigenvalue weighted by atomic mass is 10.2. The van der Waals surface area contributed by atoms with Gasteiger partial charge in [-0.2, -0.15) is 0 Å². The van der Waals surface area contributed by atoms with Crippen LogP contribution in [0.4, 0.5) is 0 Å². The van der Waals surface area contributed by atoms with E-state index in [1.807, 2.05) is 0 Å². The summed E-state index contributed by atoms with van der Waals surface area (Å²) in [5.74, 6) is 0. The molecule has 1 atom stereocenters. The van der Waals surface area contributed by atoms with Crippen LogP contribution in [0.3, 0.4) is 0 Å². The van der Waals surface area contributed by atoms with Gasteiger partial charge in [-0.1, -0.05) is 12.1 Å². The van der Waals surface area contributed by atoms with Gasteiger partial charge in [0.25, 0.3) is 0 Å². The highest BCUT2D eigenvalue weighted by Gasteiger charge is 2.20. The topological polar surface area (TPSA) is 37.4 Å². The van der Waals surface area contributed by atoms with Crippen LogP contribution in [0.1, 0.15) is 10.6 Å². The number of dihydropyridines is 1. The fraction of sp³-hybridized carbons (Fsp3) is 0.353. The van der Waals surface area contributed by atoms with E-state index in [0.717, 1.165) is 42.4 Å². The summed E-state index contributed by atoms with van der Waals surface area (Å²) in [6, 6.07) is 6.42. The molecule has 1 saturated heterocycles. The molecule has 0 bridgehead atoms. The van der Waals surface area contributed by atoms with E-state index in [9.17, 15) is 0 Å². The first-order valence-electron chi connectivity index (χ1n) is 7.63. The average Bonchev–Trinajstić information content (AvgIpc) is 2.99. The minimum Gasteiger partial charge on any atom is -0.379 e. The molecule has 22 heavy (non-hydrogen) atoms. The van der Waals surface area contributed by atoms with Crippen molar-refractivity contribution >= 4 is 27.1 Å². The summed E-state index contributed by atoms with van der Waals surface area (Å²) in [6.45, 7) is 5.71. The first-order chi connectivity index (χ1) is 10.8. The number of thiazole rings is 1. The second-order valence-electron chi connectivity index (χ2n) is 5.71. The first kappa shape index (κ1) is 13.9. The first-order valence-corrected chi connectivity index (χ1v) is 8.45. The lowest BCUT2D eigenvalue weighted by Crippen LogP contribution is -2.48. The highest BCUT2D eigenvalue weighted by atomic mass is 32.1. The van der Waals surface area contributed by atoms with Crippen LogP contribution in [0.25, 0.3) is 15.8 Å². The zero-order chi connectivity index (χ0) is 14.9. The van der Waals surface area contributed by atoms with Gasteiger partial charge in [-0.25, -0.2) is 4.98 Å². The Balaban J connectivity index is 1.53. The molecule has 1 unspecified atom stereocenters. The van der Waals surface area contributed by atoms with Gasteiger partial charge in [-0.15, -0.1) is 11.3 Å². The molecule has 0 amide bonds. The van der Waals surface area contributed by atoms with E-state index in [1.54, 1.807) is 11.3 Å². The van der Waals surface area contributed by atoms with Crippen LogP contribution in [0, 0.1) is 6.92 Å². The number of aryl methyl sites for hydroxylation is 1. The minimum atomic E-state index is 0.268. The van der Waals surface area contributed by atoms with Crippen molar-refractivity contribution in [2.45, 2.75) is 13.1 Å². The maximum Gasteiger partial charge on any atom is 0.126 e. The quantitative estimate of drug-likeness (QED) is 0.925. The van der Waals surface area contributed by atoms with Crippen molar-refractivity contribution in [3.63, 3.8) is 0 Å². The number of nitrogens with zero attached hydrogens (tertiary/aromatic N) is 2. The number of rotatable bonds is 2. The van der Waals surface area contributed by atoms with Gasteiger partial charge in [0.15, 0.2) is 0 Å². The SMILES string of the molecule is Cc1ccc2nc(C3=CNC(N4CCOCC4)C=C3)sc2c1. The van der Waals surface area contributed by atoms with E-state index in [1.165, 1.54) is 10.3 Å². The normalized spacial score (nSPS) is 22.6. The van der Waals surface area contributed by atoms with Crippen molar-refractivity contribution in [3.05, 3.63) is 47.1 Å². The molecular formula is C17H19N3OS. The molecule has 0 radical (unpaired) electrons. The molecule has 4 rings (SSSR count). The van der Waals surface area contributed by atoms with Gasteiger partial charge >= 0.3 is 0 Å². The number of ether oxygens (including phenoxy) is 1. The Bertz CT molecular complexity index is 743. The van der Waals surface area contributed by atoms with Crippen molar-refractivity contribution in [2.75, 3.05) is 26.3 Å². The Kier molecular flexibility index (Phi) is 3.70. The third-order valence-corrected chi connectivity index (χ3v) is 5.16. The standard InChI is InChI=1S/C17H19N3OS/c1-12-2-4-14-15(10-12)22-17(19-14)13-3-5-16(18-11-13)20-6-8-21-9-7-20/h2-5,10-11,16,18H,6-9H2,1H3. The summed E-state index contributed by atoms with van der Waals surface area (Å²) in [5.41, 5.74) is 3.51. The van der Waals surface area contributed by atoms with Crippen LogP contribution >= 0.6 is 11.3 Å². The molecule has 1 N–H and O–H groups in total. The van der Waals surface area contributed by atoms with Gasteiger partial charge in [0.1, 0.15) is 5.01 Å². The maximum atomic E-state index is 5.41. The predicted molar refractivity (Wildman–Crippen MR) is 90.8 cm³/mol. The van der Waals surface area contributed by atoms with Crippen molar-refractivity contribution in [1.29, 1.82) is 0 Å². The molecule has 1 aromatic carbocycles. The second-order valence-corrected chi connectivity index (χ2v) is 6.74. The maximum absolute atomic E-state index is 5.41. The van der Waals surface area contributed by atoms with Crippen LogP contribution in [-0.2, 0) is 4.74 Å². The van der Waals surface area contributed by atoms with Crippen molar-refractivity contribution < 1.29 is 4.74 Å². The fourth-order valence-corrected chi connectivity index (χ4v) is 3.90. The molecule has 0 spiro atoms. The van der Waals surface area contributed by atoms with Gasteiger partial charge in [0.05, 0.1) is 29.6 Å². The van der Waals surface area contributed by atoms with Crippen molar-refractivity contribution in [2.24, 2.45) is 0 Å². The molecule has 1 fully saturated rings. The highest BCUT2D eigenvalue weighted by molar-refractivity contribution is 7.19. The van der Waals surface area contributed by atoms with Crippen LogP contribution < -0.4 is 5.32 Å². The Labute approximate surface area is 134 Å². The zero-order valence-electron chi connectivity index (χ0n) is 12.6. The van der Waals surface area contributed by atoms with Gasteiger partial charge in [-0.05, 0) is 30.7 Å². The van der Waals surface area contributed by atoms with Gasteiger partial charge in [0.2, 0.25) is 0 Å². The summed E-state index contributed by atoms with van der Waals surface area (Å²) < 4.78 is 6.66. The second kappa shape index (κ2) is 5.83. The predicted octanol–water partition coefficient (Wildman–Crippen LogP) is 2.76. The van der Waals surface area contributed by atoms with Gasteiger partial charge < -0.3 is 10.1 Å². The molecule has 3 heterocycles. The third-order valence-electron chi connectivity index (χ3n) is 4.10. The zero-order valence-corrected chi connectivity index (χ0v) is 13.4. The van der Waals surface area contributed by atoms with Crippen molar-refractivity contribution in [3.8, 4) is 0 Å². The summed E-state index contributed by atoms with van der Waals surface area (Å²) >= 11 is 1.75. The number of aromatic nitrogens is 1. The van der Waals surface area contributed by atoms with Gasteiger partial charge in [0, 0.05) is 24.9 Å². The molecule has 1 aromatic heterocycles. The van der Waals surface area contributed by atoms with Crippen LogP contribution in [0.5, 0.6) is 0 Å². The largest absolute Gasteiger partial charge is 0.379 e. The number of allylic oxidation sites excluding steroid dienone is 2. The van der Waals surface area contributed by atoms with Crippen LogP contribution in [-0.4, -0.2) is 42.4 Å². The molecule has 2 aromatic rings. The van der Waals surface area contributed by atoms with E-state index in [-0.39, 0.29) is 6.17 Å². The molecule has 0 aliphatic carbocycles. The molecular weight excluding hydrogens is 294 g/mol. The smallest absolute Gasteiger partial charge is 0.126 e. The number of morpholine rings is 1. The molecule has 5 heteroatoms. The Morgan fingerprint density at radius 2 is 2.18 bits per heavy atom. The lowest BCUT2D eigenvalue weighted by Gasteiger charge is -2.34. The average molecular weight is 313 g/mol. The number of fused-ring (bicyclic) bond motifs is 1. The summed E-state index contributed by atoms with van der Waals surface area (Å²) in [4.78, 5) is 7.14. The third kappa shape index (κ3) is 2.67. The fourth-order valence-electron chi connectivity index (χ4n) is 2.84. The molecule has 0 saturated carbocycles. The summed E-state index contributed by atoms with van der Waals surface area (Å²) in [6.07, 6.45) is 6.76. The van der Waals surface area contributed by atoms with E-state index >= 15 is 0 Å². The number of nitrogens with one attached hydrogen (secondary N) is 1. The lowest BCUT2D eigenvalue weighted by molar-refractivity contribution is 0.0218. The van der Waals surface area contributed by atoms with E-state index in [2.05, 4.69) is 53.7 Å². The van der Waals surface area contributed by atoms with E-state index < -0.39 is 0 Å². The molecule has 2 aliphatic heterocycles. The molecule has 2 aliphatic rings. The van der Waals surface area contributed by atoms with Crippen molar-refractivity contribution in [1.82, 2.24) is 15.2 Å². The number of hydrogen-bond donors (Lipinski definition) is 1. The van der Waals surface area contributed by atoms with Gasteiger partial charge in [-0.3, -0.25) is 4.90 Å². The Morgan fingerprint density at radius 1 is 1.32 bits per heavy atom. The monoisotopic (exact) mass is 313 g/mol. The van der Waals surface area contributed by atoms with Crippen LogP contribution in [0.2, 0.25) is 0 Å². The number of benzene rings is 1. The van der Waals surface area contributed by atoms with E-state index in [0.29, 0.717) is 0 Å². The number of hydrogen-bond acceptors (Lipinski definition) is 5. The van der Waals surface area contributed by atoms with E-state index in [4.69, 9.17) is 9.72 Å². The summed E-state index contributed by atoms with van der Waals surface area (Å²) in [5, 5.41) is 4.56. The highest BCUT2D eigenvalue weighted by Crippen LogP contribution is 2.29. The summed E-state index contributed by atoms with van der Waals surface area (Å²) in [7, 11) is 0. The Hall–Kier alpha value is -1.69.